The topological polar surface area (TPSA) is 72.9 Å². The van der Waals surface area contributed by atoms with Gasteiger partial charge < -0.3 is 14.4 Å². The van der Waals surface area contributed by atoms with Crippen molar-refractivity contribution >= 4 is 17.0 Å². The summed E-state index contributed by atoms with van der Waals surface area (Å²) in [6.45, 7) is 4.29. The first-order valence-electron chi connectivity index (χ1n) is 8.76. The highest BCUT2D eigenvalue weighted by atomic mass is 16.5. The largest absolute Gasteiger partial charge is 0.350 e. The van der Waals surface area contributed by atoms with E-state index >= 15 is 0 Å². The van der Waals surface area contributed by atoms with Gasteiger partial charge in [-0.25, -0.2) is 4.98 Å². The normalized spacial score (nSPS) is 11.1. The molecule has 0 radical (unpaired) electrons. The van der Waals surface area contributed by atoms with Crippen LogP contribution in [0.1, 0.15) is 27.4 Å². The van der Waals surface area contributed by atoms with E-state index in [-0.39, 0.29) is 5.91 Å². The number of rotatable bonds is 4. The Morgan fingerprint density at radius 1 is 1.15 bits per heavy atom. The summed E-state index contributed by atoms with van der Waals surface area (Å²) in [5.41, 5.74) is 5.32. The Labute approximate surface area is 156 Å². The number of carbonyl (C=O) groups excluding carboxylic acids is 1. The fourth-order valence-corrected chi connectivity index (χ4v) is 3.14. The molecule has 0 atom stereocenters. The average molecular weight is 360 g/mol. The third-order valence-electron chi connectivity index (χ3n) is 4.84. The maximum atomic E-state index is 13.0. The van der Waals surface area contributed by atoms with Crippen molar-refractivity contribution in [2.24, 2.45) is 7.05 Å². The van der Waals surface area contributed by atoms with Gasteiger partial charge in [-0.2, -0.15) is 0 Å². The van der Waals surface area contributed by atoms with Gasteiger partial charge in [0.2, 0.25) is 0 Å². The van der Waals surface area contributed by atoms with E-state index in [9.17, 15) is 4.79 Å². The molecule has 0 aliphatic rings. The Morgan fingerprint density at radius 3 is 2.63 bits per heavy atom. The van der Waals surface area contributed by atoms with E-state index in [0.29, 0.717) is 34.6 Å². The lowest BCUT2D eigenvalue weighted by Crippen LogP contribution is -2.24. The van der Waals surface area contributed by atoms with Gasteiger partial charge in [-0.15, -0.1) is 0 Å². The lowest BCUT2D eigenvalue weighted by molar-refractivity contribution is 0.0951. The molecule has 136 valence electrons. The number of pyridine rings is 1. The van der Waals surface area contributed by atoms with Gasteiger partial charge in [0.15, 0.2) is 0 Å². The number of nitrogens with zero attached hydrogens (tertiary/aromatic N) is 3. The number of carbonyl (C=O) groups is 1. The van der Waals surface area contributed by atoms with Crippen LogP contribution in [0.4, 0.5) is 0 Å². The Morgan fingerprint density at radius 2 is 1.93 bits per heavy atom. The number of aromatic nitrogens is 3. The molecule has 1 aromatic carbocycles. The average Bonchev–Trinajstić information content (AvgIpc) is 3.22. The van der Waals surface area contributed by atoms with E-state index < -0.39 is 0 Å². The SMILES string of the molecule is Cc1noc2nc(-c3ccccc3)cc(C(=O)NCc3ccc(C)n3C)c12. The number of amides is 1. The van der Waals surface area contributed by atoms with Crippen LogP contribution in [0.5, 0.6) is 0 Å². The lowest BCUT2D eigenvalue weighted by Gasteiger charge is -2.09. The number of benzene rings is 1. The van der Waals surface area contributed by atoms with Gasteiger partial charge in [0.25, 0.3) is 11.6 Å². The zero-order valence-electron chi connectivity index (χ0n) is 15.5. The van der Waals surface area contributed by atoms with Crippen molar-refractivity contribution in [3.63, 3.8) is 0 Å². The molecule has 27 heavy (non-hydrogen) atoms. The highest BCUT2D eigenvalue weighted by Gasteiger charge is 2.19. The standard InChI is InChI=1S/C21H20N4O2/c1-13-9-10-16(25(13)3)12-22-20(26)17-11-18(15-7-5-4-6-8-15)23-21-19(17)14(2)24-27-21/h4-11H,12H2,1-3H3,(H,22,26). The molecule has 0 bridgehead atoms. The monoisotopic (exact) mass is 360 g/mol. The molecular weight excluding hydrogens is 340 g/mol. The summed E-state index contributed by atoms with van der Waals surface area (Å²) >= 11 is 0. The second-order valence-corrected chi connectivity index (χ2v) is 6.58. The van der Waals surface area contributed by atoms with Gasteiger partial charge in [-0.05, 0) is 32.0 Å². The maximum absolute atomic E-state index is 13.0. The van der Waals surface area contributed by atoms with Gasteiger partial charge in [-0.1, -0.05) is 35.5 Å². The summed E-state index contributed by atoms with van der Waals surface area (Å²) in [7, 11) is 1.99. The maximum Gasteiger partial charge on any atom is 0.259 e. The molecule has 6 heteroatoms. The van der Waals surface area contributed by atoms with Crippen LogP contribution in [0.15, 0.2) is 53.1 Å². The van der Waals surface area contributed by atoms with E-state index in [1.807, 2.05) is 63.4 Å². The predicted molar refractivity (Wildman–Crippen MR) is 103 cm³/mol. The zero-order chi connectivity index (χ0) is 19.0. The molecule has 3 aromatic heterocycles. The molecule has 1 amide bonds. The first-order chi connectivity index (χ1) is 13.0. The molecule has 0 spiro atoms. The fourth-order valence-electron chi connectivity index (χ4n) is 3.14. The lowest BCUT2D eigenvalue weighted by atomic mass is 10.1. The third-order valence-corrected chi connectivity index (χ3v) is 4.84. The molecule has 0 saturated heterocycles. The molecule has 0 aliphatic heterocycles. The van der Waals surface area contributed by atoms with E-state index in [2.05, 4.69) is 20.0 Å². The fraction of sp³-hybridized carbons (Fsp3) is 0.190. The Bertz CT molecular complexity index is 1130. The number of fused-ring (bicyclic) bond motifs is 1. The number of hydrogen-bond acceptors (Lipinski definition) is 4. The summed E-state index contributed by atoms with van der Waals surface area (Å²) in [6.07, 6.45) is 0. The first-order valence-corrected chi connectivity index (χ1v) is 8.76. The number of hydrogen-bond donors (Lipinski definition) is 1. The molecule has 0 fully saturated rings. The van der Waals surface area contributed by atoms with Crippen LogP contribution in [0.3, 0.4) is 0 Å². The molecule has 6 nitrogen and oxygen atoms in total. The van der Waals surface area contributed by atoms with Crippen LogP contribution >= 0.6 is 0 Å². The Balaban J connectivity index is 1.72. The van der Waals surface area contributed by atoms with Gasteiger partial charge in [0.1, 0.15) is 0 Å². The minimum atomic E-state index is -0.176. The van der Waals surface area contributed by atoms with Crippen molar-refractivity contribution in [3.8, 4) is 11.3 Å². The van der Waals surface area contributed by atoms with Crippen LogP contribution < -0.4 is 5.32 Å². The Kier molecular flexibility index (Phi) is 4.24. The molecule has 1 N–H and O–H groups in total. The van der Waals surface area contributed by atoms with E-state index in [1.54, 1.807) is 6.07 Å². The number of nitrogens with one attached hydrogen (secondary N) is 1. The van der Waals surface area contributed by atoms with Crippen LogP contribution in [-0.4, -0.2) is 20.6 Å². The summed E-state index contributed by atoms with van der Waals surface area (Å²) < 4.78 is 7.40. The van der Waals surface area contributed by atoms with Crippen LogP contribution in [0.2, 0.25) is 0 Å². The molecule has 4 aromatic rings. The highest BCUT2D eigenvalue weighted by Crippen LogP contribution is 2.27. The molecule has 3 heterocycles. The van der Waals surface area contributed by atoms with E-state index in [1.165, 1.54) is 0 Å². The van der Waals surface area contributed by atoms with Crippen LogP contribution in [-0.2, 0) is 13.6 Å². The minimum Gasteiger partial charge on any atom is -0.350 e. The van der Waals surface area contributed by atoms with Crippen molar-refractivity contribution in [1.82, 2.24) is 20.0 Å². The molecule has 0 saturated carbocycles. The van der Waals surface area contributed by atoms with Gasteiger partial charge in [0, 0.05) is 24.0 Å². The van der Waals surface area contributed by atoms with Gasteiger partial charge in [0.05, 0.1) is 28.9 Å². The summed E-state index contributed by atoms with van der Waals surface area (Å²) in [6, 6.07) is 15.6. The van der Waals surface area contributed by atoms with Crippen molar-refractivity contribution in [2.75, 3.05) is 0 Å². The third kappa shape index (κ3) is 3.10. The second kappa shape index (κ2) is 6.72. The van der Waals surface area contributed by atoms with Gasteiger partial charge >= 0.3 is 0 Å². The minimum absolute atomic E-state index is 0.176. The molecule has 0 aliphatic carbocycles. The predicted octanol–water partition coefficient (Wildman–Crippen LogP) is 3.78. The van der Waals surface area contributed by atoms with E-state index in [0.717, 1.165) is 17.0 Å². The summed E-state index contributed by atoms with van der Waals surface area (Å²) in [5, 5.41) is 7.64. The smallest absolute Gasteiger partial charge is 0.259 e. The molecule has 4 rings (SSSR count). The second-order valence-electron chi connectivity index (χ2n) is 6.58. The summed E-state index contributed by atoms with van der Waals surface area (Å²) in [5.74, 6) is -0.176. The van der Waals surface area contributed by atoms with Crippen molar-refractivity contribution in [3.05, 3.63) is 71.2 Å². The van der Waals surface area contributed by atoms with Crippen LogP contribution in [0.25, 0.3) is 22.4 Å². The quantitative estimate of drug-likeness (QED) is 0.601. The highest BCUT2D eigenvalue weighted by molar-refractivity contribution is 6.06. The van der Waals surface area contributed by atoms with Crippen molar-refractivity contribution < 1.29 is 9.32 Å². The zero-order valence-corrected chi connectivity index (χ0v) is 15.5. The Hall–Kier alpha value is -3.41. The van der Waals surface area contributed by atoms with Crippen LogP contribution in [0, 0.1) is 13.8 Å². The van der Waals surface area contributed by atoms with Crippen molar-refractivity contribution in [1.29, 1.82) is 0 Å². The van der Waals surface area contributed by atoms with Crippen molar-refractivity contribution in [2.45, 2.75) is 20.4 Å². The molecular formula is C21H20N4O2. The first kappa shape index (κ1) is 17.0. The summed E-state index contributed by atoms with van der Waals surface area (Å²) in [4.78, 5) is 17.5. The number of aryl methyl sites for hydroxylation is 2. The van der Waals surface area contributed by atoms with Gasteiger partial charge in [-0.3, -0.25) is 4.79 Å². The molecule has 0 unspecified atom stereocenters. The van der Waals surface area contributed by atoms with E-state index in [4.69, 9.17) is 4.52 Å².